The van der Waals surface area contributed by atoms with E-state index in [4.69, 9.17) is 10.5 Å². The predicted molar refractivity (Wildman–Crippen MR) is 72.2 cm³/mol. The first kappa shape index (κ1) is 13.0. The minimum atomic E-state index is -0.424. The van der Waals surface area contributed by atoms with Crippen molar-refractivity contribution in [2.24, 2.45) is 5.73 Å². The number of benzene rings is 2. The highest BCUT2D eigenvalue weighted by Gasteiger charge is 2.09. The van der Waals surface area contributed by atoms with E-state index in [1.807, 2.05) is 24.3 Å². The van der Waals surface area contributed by atoms with E-state index in [9.17, 15) is 10.1 Å². The third-order valence-corrected chi connectivity index (χ3v) is 2.76. The van der Waals surface area contributed by atoms with Crippen LogP contribution in [-0.2, 0) is 6.54 Å². The fourth-order valence-electron chi connectivity index (χ4n) is 1.68. The van der Waals surface area contributed by atoms with Crippen LogP contribution < -0.4 is 10.5 Å². The molecule has 0 amide bonds. The van der Waals surface area contributed by atoms with Gasteiger partial charge in [-0.15, -0.1) is 0 Å². The Morgan fingerprint density at radius 1 is 1.21 bits per heavy atom. The van der Waals surface area contributed by atoms with Gasteiger partial charge in [-0.05, 0) is 36.2 Å². The Hall–Kier alpha value is -2.40. The Labute approximate surface area is 110 Å². The summed E-state index contributed by atoms with van der Waals surface area (Å²) in [7, 11) is 0. The molecule has 0 unspecified atom stereocenters. The molecule has 19 heavy (non-hydrogen) atoms. The first-order chi connectivity index (χ1) is 9.10. The maximum Gasteiger partial charge on any atom is 0.269 e. The van der Waals surface area contributed by atoms with E-state index in [1.165, 1.54) is 12.1 Å². The zero-order chi connectivity index (χ0) is 13.8. The highest BCUT2D eigenvalue weighted by atomic mass is 16.6. The molecule has 2 N–H and O–H groups in total. The molecule has 0 aliphatic heterocycles. The third kappa shape index (κ3) is 3.08. The second-order valence-electron chi connectivity index (χ2n) is 4.16. The molecule has 5 nitrogen and oxygen atoms in total. The molecule has 98 valence electrons. The smallest absolute Gasteiger partial charge is 0.269 e. The van der Waals surface area contributed by atoms with E-state index in [0.29, 0.717) is 18.0 Å². The average Bonchev–Trinajstić information content (AvgIpc) is 2.41. The van der Waals surface area contributed by atoms with Gasteiger partial charge in [-0.1, -0.05) is 12.1 Å². The minimum Gasteiger partial charge on any atom is -0.457 e. The molecule has 0 aromatic heterocycles. The molecule has 0 fully saturated rings. The molecule has 0 heterocycles. The Morgan fingerprint density at radius 3 is 2.42 bits per heavy atom. The number of nitro groups is 1. The number of nitrogens with zero attached hydrogens (tertiary/aromatic N) is 1. The lowest BCUT2D eigenvalue weighted by Gasteiger charge is -2.08. The number of rotatable bonds is 4. The molecule has 2 aromatic carbocycles. The molecule has 2 rings (SSSR count). The summed E-state index contributed by atoms with van der Waals surface area (Å²) in [5, 5.41) is 10.6. The van der Waals surface area contributed by atoms with E-state index < -0.39 is 4.92 Å². The van der Waals surface area contributed by atoms with Crippen LogP contribution in [0.1, 0.15) is 11.1 Å². The van der Waals surface area contributed by atoms with Crippen molar-refractivity contribution in [3.63, 3.8) is 0 Å². The van der Waals surface area contributed by atoms with Crippen LogP contribution in [0.15, 0.2) is 42.5 Å². The fourth-order valence-corrected chi connectivity index (χ4v) is 1.68. The number of nitrogens with two attached hydrogens (primary N) is 1. The van der Waals surface area contributed by atoms with Crippen molar-refractivity contribution in [3.8, 4) is 11.5 Å². The van der Waals surface area contributed by atoms with Gasteiger partial charge in [0.25, 0.3) is 5.69 Å². The first-order valence-corrected chi connectivity index (χ1v) is 5.82. The number of aryl methyl sites for hydroxylation is 1. The molecule has 0 aliphatic carbocycles. The SMILES string of the molecule is Cc1cc([N+](=O)[O-])ccc1Oc1ccc(CN)cc1. The number of hydrogen-bond donors (Lipinski definition) is 1. The third-order valence-electron chi connectivity index (χ3n) is 2.76. The standard InChI is InChI=1S/C14H14N2O3/c1-10-8-12(16(17)18)4-7-14(10)19-13-5-2-11(9-15)3-6-13/h2-8H,9,15H2,1H3. The van der Waals surface area contributed by atoms with Gasteiger partial charge >= 0.3 is 0 Å². The van der Waals surface area contributed by atoms with Crippen molar-refractivity contribution in [1.82, 2.24) is 0 Å². The van der Waals surface area contributed by atoms with Crippen LogP contribution in [0.4, 0.5) is 5.69 Å². The topological polar surface area (TPSA) is 78.4 Å². The number of non-ortho nitro benzene ring substituents is 1. The van der Waals surface area contributed by atoms with Crippen molar-refractivity contribution in [1.29, 1.82) is 0 Å². The lowest BCUT2D eigenvalue weighted by Crippen LogP contribution is -1.96. The van der Waals surface area contributed by atoms with Crippen LogP contribution in [0.5, 0.6) is 11.5 Å². The van der Waals surface area contributed by atoms with Crippen LogP contribution in [0.25, 0.3) is 0 Å². The van der Waals surface area contributed by atoms with Crippen LogP contribution in [0.3, 0.4) is 0 Å². The molecular formula is C14H14N2O3. The van der Waals surface area contributed by atoms with Gasteiger partial charge in [0.05, 0.1) is 4.92 Å². The van der Waals surface area contributed by atoms with Crippen molar-refractivity contribution in [3.05, 3.63) is 63.7 Å². The van der Waals surface area contributed by atoms with E-state index >= 15 is 0 Å². The molecule has 0 radical (unpaired) electrons. The van der Waals surface area contributed by atoms with Crippen molar-refractivity contribution in [2.45, 2.75) is 13.5 Å². The van der Waals surface area contributed by atoms with Gasteiger partial charge < -0.3 is 10.5 Å². The van der Waals surface area contributed by atoms with E-state index in [2.05, 4.69) is 0 Å². The van der Waals surface area contributed by atoms with Crippen molar-refractivity contribution >= 4 is 5.69 Å². The molecule has 2 aromatic rings. The van der Waals surface area contributed by atoms with Crippen LogP contribution in [-0.4, -0.2) is 4.92 Å². The van der Waals surface area contributed by atoms with Gasteiger partial charge in [-0.25, -0.2) is 0 Å². The molecule has 5 heteroatoms. The zero-order valence-corrected chi connectivity index (χ0v) is 10.5. The Balaban J connectivity index is 2.20. The van der Waals surface area contributed by atoms with Gasteiger partial charge in [0.15, 0.2) is 0 Å². The average molecular weight is 258 g/mol. The molecule has 0 spiro atoms. The van der Waals surface area contributed by atoms with Gasteiger partial charge in [0.1, 0.15) is 11.5 Å². The summed E-state index contributed by atoms with van der Waals surface area (Å²) < 4.78 is 5.68. The van der Waals surface area contributed by atoms with Gasteiger partial charge in [-0.3, -0.25) is 10.1 Å². The summed E-state index contributed by atoms with van der Waals surface area (Å²) in [5.74, 6) is 1.28. The molecule has 0 aliphatic rings. The van der Waals surface area contributed by atoms with E-state index in [0.717, 1.165) is 11.1 Å². The van der Waals surface area contributed by atoms with Gasteiger partial charge in [0.2, 0.25) is 0 Å². The minimum absolute atomic E-state index is 0.0586. The van der Waals surface area contributed by atoms with E-state index in [1.54, 1.807) is 13.0 Å². The zero-order valence-electron chi connectivity index (χ0n) is 10.5. The summed E-state index contributed by atoms with van der Waals surface area (Å²) in [4.78, 5) is 10.2. The second-order valence-corrected chi connectivity index (χ2v) is 4.16. The normalized spacial score (nSPS) is 10.2. The maximum atomic E-state index is 10.6. The molecular weight excluding hydrogens is 244 g/mol. The largest absolute Gasteiger partial charge is 0.457 e. The van der Waals surface area contributed by atoms with Crippen LogP contribution in [0, 0.1) is 17.0 Å². The summed E-state index contributed by atoms with van der Waals surface area (Å²) in [6, 6.07) is 11.9. The van der Waals surface area contributed by atoms with Gasteiger partial charge in [0, 0.05) is 18.7 Å². The number of hydrogen-bond acceptors (Lipinski definition) is 4. The lowest BCUT2D eigenvalue weighted by atomic mass is 10.2. The molecule has 0 saturated heterocycles. The van der Waals surface area contributed by atoms with Crippen LogP contribution >= 0.6 is 0 Å². The molecule has 0 atom stereocenters. The van der Waals surface area contributed by atoms with Gasteiger partial charge in [-0.2, -0.15) is 0 Å². The predicted octanol–water partition coefficient (Wildman–Crippen LogP) is 3.15. The molecule has 0 bridgehead atoms. The van der Waals surface area contributed by atoms with Crippen LogP contribution in [0.2, 0.25) is 0 Å². The number of nitro benzene ring substituents is 1. The Bertz CT molecular complexity index is 594. The highest BCUT2D eigenvalue weighted by molar-refractivity contribution is 5.45. The Morgan fingerprint density at radius 2 is 1.89 bits per heavy atom. The summed E-state index contributed by atoms with van der Waals surface area (Å²) >= 11 is 0. The quantitative estimate of drug-likeness (QED) is 0.675. The Kier molecular flexibility index (Phi) is 3.77. The second kappa shape index (κ2) is 5.49. The van der Waals surface area contributed by atoms with Crippen molar-refractivity contribution < 1.29 is 9.66 Å². The maximum absolute atomic E-state index is 10.6. The summed E-state index contributed by atoms with van der Waals surface area (Å²) in [5.41, 5.74) is 7.32. The fraction of sp³-hybridized carbons (Fsp3) is 0.143. The summed E-state index contributed by atoms with van der Waals surface area (Å²) in [6.45, 7) is 2.26. The highest BCUT2D eigenvalue weighted by Crippen LogP contribution is 2.28. The monoisotopic (exact) mass is 258 g/mol. The summed E-state index contributed by atoms with van der Waals surface area (Å²) in [6.07, 6.45) is 0. The van der Waals surface area contributed by atoms with Crippen molar-refractivity contribution in [2.75, 3.05) is 0 Å². The number of ether oxygens (including phenoxy) is 1. The first-order valence-electron chi connectivity index (χ1n) is 5.82. The van der Waals surface area contributed by atoms with E-state index in [-0.39, 0.29) is 5.69 Å². The molecule has 0 saturated carbocycles. The lowest BCUT2D eigenvalue weighted by molar-refractivity contribution is -0.384.